The van der Waals surface area contributed by atoms with Crippen LogP contribution in [-0.2, 0) is 11.2 Å². The van der Waals surface area contributed by atoms with Crippen LogP contribution < -0.4 is 0 Å². The summed E-state index contributed by atoms with van der Waals surface area (Å²) < 4.78 is 15.1. The van der Waals surface area contributed by atoms with Gasteiger partial charge in [0, 0.05) is 18.8 Å². The number of hydrogen-bond donors (Lipinski definition) is 0. The Morgan fingerprint density at radius 2 is 2.20 bits per heavy atom. The first-order chi connectivity index (χ1) is 12.1. The van der Waals surface area contributed by atoms with Gasteiger partial charge in [-0.1, -0.05) is 12.1 Å². The van der Waals surface area contributed by atoms with Crippen molar-refractivity contribution in [3.8, 4) is 10.4 Å². The van der Waals surface area contributed by atoms with E-state index in [1.165, 1.54) is 23.5 Å². The van der Waals surface area contributed by atoms with E-state index in [2.05, 4.69) is 4.98 Å². The highest BCUT2D eigenvalue weighted by Gasteiger charge is 2.29. The van der Waals surface area contributed by atoms with Crippen LogP contribution >= 0.6 is 11.3 Å². The smallest absolute Gasteiger partial charge is 0.179 e. The van der Waals surface area contributed by atoms with Gasteiger partial charge >= 0.3 is 0 Å². The summed E-state index contributed by atoms with van der Waals surface area (Å²) in [5.41, 5.74) is 1.36. The molecule has 0 saturated heterocycles. The molecule has 3 heterocycles. The second-order valence-corrected chi connectivity index (χ2v) is 7.17. The number of benzene rings is 1. The maximum Gasteiger partial charge on any atom is 0.179 e. The third kappa shape index (κ3) is 3.05. The maximum atomic E-state index is 13.4. The average molecular weight is 354 g/mol. The van der Waals surface area contributed by atoms with Gasteiger partial charge in [-0.25, -0.2) is 9.37 Å². The second kappa shape index (κ2) is 6.37. The van der Waals surface area contributed by atoms with E-state index in [-0.39, 0.29) is 29.8 Å². The molecule has 0 spiro atoms. The van der Waals surface area contributed by atoms with E-state index >= 15 is 0 Å². The number of aromatic nitrogens is 2. The van der Waals surface area contributed by atoms with Gasteiger partial charge in [-0.15, -0.1) is 11.3 Å². The van der Waals surface area contributed by atoms with Crippen LogP contribution in [0.25, 0.3) is 10.4 Å². The Hall–Kier alpha value is -2.60. The molecule has 1 atom stereocenters. The third-order valence-electron chi connectivity index (χ3n) is 4.41. The lowest BCUT2D eigenvalue weighted by Gasteiger charge is -2.24. The quantitative estimate of drug-likeness (QED) is 0.709. The van der Waals surface area contributed by atoms with Crippen LogP contribution in [0.4, 0.5) is 4.39 Å². The summed E-state index contributed by atoms with van der Waals surface area (Å²) in [6, 6.07) is 9.57. The predicted octanol–water partition coefficient (Wildman–Crippen LogP) is 4.08. The Morgan fingerprint density at radius 3 is 3.04 bits per heavy atom. The van der Waals surface area contributed by atoms with Crippen molar-refractivity contribution in [3.63, 3.8) is 0 Å². The van der Waals surface area contributed by atoms with Gasteiger partial charge in [0.1, 0.15) is 10.8 Å². The third-order valence-corrected chi connectivity index (χ3v) is 5.45. The first-order valence-corrected chi connectivity index (χ1v) is 8.87. The summed E-state index contributed by atoms with van der Waals surface area (Å²) in [5.74, 6) is -0.169. The minimum atomic E-state index is -0.316. The van der Waals surface area contributed by atoms with E-state index in [0.717, 1.165) is 10.4 Å². The minimum absolute atomic E-state index is 0.0464. The van der Waals surface area contributed by atoms with Crippen LogP contribution in [0, 0.1) is 5.82 Å². The van der Waals surface area contributed by atoms with Crippen molar-refractivity contribution in [3.05, 3.63) is 65.3 Å². The maximum absolute atomic E-state index is 13.4. The van der Waals surface area contributed by atoms with Crippen molar-refractivity contribution >= 4 is 22.9 Å². The lowest BCUT2D eigenvalue weighted by Crippen LogP contribution is -2.28. The molecule has 1 aromatic carbocycles. The number of Topliss-reactive ketones (excluding diaryl/α,β-unsaturated/α-hetero) is 2. The van der Waals surface area contributed by atoms with Crippen molar-refractivity contribution in [1.82, 2.24) is 9.55 Å². The predicted molar refractivity (Wildman–Crippen MR) is 93.3 cm³/mol. The summed E-state index contributed by atoms with van der Waals surface area (Å²) >= 11 is 1.40. The van der Waals surface area contributed by atoms with Crippen LogP contribution in [0.2, 0.25) is 0 Å². The molecule has 2 aromatic heterocycles. The van der Waals surface area contributed by atoms with Gasteiger partial charge in [0.15, 0.2) is 11.6 Å². The van der Waals surface area contributed by atoms with Gasteiger partial charge in [-0.3, -0.25) is 9.59 Å². The molecular weight excluding hydrogens is 339 g/mol. The molecule has 6 heteroatoms. The number of ketones is 2. The number of nitrogens with zero attached hydrogens (tertiary/aromatic N) is 2. The highest BCUT2D eigenvalue weighted by Crippen LogP contribution is 2.30. The highest BCUT2D eigenvalue weighted by atomic mass is 32.1. The van der Waals surface area contributed by atoms with Crippen molar-refractivity contribution in [2.45, 2.75) is 25.3 Å². The zero-order valence-electron chi connectivity index (χ0n) is 13.3. The molecule has 0 N–H and O–H groups in total. The molecule has 0 amide bonds. The number of halogens is 1. The number of carbonyl (C=O) groups excluding carboxylic acids is 2. The number of thiazole rings is 1. The van der Waals surface area contributed by atoms with Crippen molar-refractivity contribution in [2.24, 2.45) is 0 Å². The van der Waals surface area contributed by atoms with Gasteiger partial charge in [0.25, 0.3) is 0 Å². The van der Waals surface area contributed by atoms with Crippen LogP contribution in [-0.4, -0.2) is 21.1 Å². The zero-order valence-corrected chi connectivity index (χ0v) is 14.1. The largest absolute Gasteiger partial charge is 0.335 e. The Bertz CT molecular complexity index is 960. The Balaban J connectivity index is 1.53. The van der Waals surface area contributed by atoms with Crippen molar-refractivity contribution in [2.75, 3.05) is 0 Å². The monoisotopic (exact) mass is 354 g/mol. The molecule has 0 aliphatic carbocycles. The van der Waals surface area contributed by atoms with E-state index in [1.54, 1.807) is 35.2 Å². The molecule has 4 nitrogen and oxygen atoms in total. The lowest BCUT2D eigenvalue weighted by atomic mass is 9.97. The first-order valence-electron chi connectivity index (χ1n) is 8.05. The molecule has 1 aliphatic heterocycles. The van der Waals surface area contributed by atoms with E-state index in [1.807, 2.05) is 6.07 Å². The Kier molecular flexibility index (Phi) is 4.05. The fourth-order valence-corrected chi connectivity index (χ4v) is 4.11. The first kappa shape index (κ1) is 15.9. The SMILES string of the molecule is O=C1CCC(C(=O)Cc2ncc(-c3cccc(F)c3)s2)n2cccc21. The molecule has 0 bridgehead atoms. The van der Waals surface area contributed by atoms with Gasteiger partial charge < -0.3 is 4.57 Å². The Labute approximate surface area is 147 Å². The van der Waals surface area contributed by atoms with Gasteiger partial charge in [-0.2, -0.15) is 0 Å². The standard InChI is InChI=1S/C19H15FN2O2S/c20-13-4-1-3-12(9-13)18-11-21-19(25-18)10-17(24)15-6-7-16(23)14-5-2-8-22(14)15/h1-5,8-9,11,15H,6-7,10H2. The zero-order chi connectivity index (χ0) is 17.4. The number of carbonyl (C=O) groups is 2. The highest BCUT2D eigenvalue weighted by molar-refractivity contribution is 7.15. The fourth-order valence-electron chi connectivity index (χ4n) is 3.19. The molecule has 0 saturated carbocycles. The van der Waals surface area contributed by atoms with Crippen LogP contribution in [0.1, 0.15) is 34.4 Å². The number of rotatable bonds is 4. The molecule has 25 heavy (non-hydrogen) atoms. The molecule has 1 unspecified atom stereocenters. The number of fused-ring (bicyclic) bond motifs is 1. The molecule has 1 aliphatic rings. The molecule has 0 fully saturated rings. The number of hydrogen-bond acceptors (Lipinski definition) is 4. The normalized spacial score (nSPS) is 16.7. The van der Waals surface area contributed by atoms with Gasteiger partial charge in [0.2, 0.25) is 0 Å². The lowest BCUT2D eigenvalue weighted by molar-refractivity contribution is -0.121. The molecule has 4 rings (SSSR count). The summed E-state index contributed by atoms with van der Waals surface area (Å²) in [6.07, 6.45) is 4.60. The summed E-state index contributed by atoms with van der Waals surface area (Å²) in [7, 11) is 0. The molecule has 126 valence electrons. The van der Waals surface area contributed by atoms with Crippen LogP contribution in [0.5, 0.6) is 0 Å². The summed E-state index contributed by atoms with van der Waals surface area (Å²) in [6.45, 7) is 0. The van der Waals surface area contributed by atoms with Crippen molar-refractivity contribution in [1.29, 1.82) is 0 Å². The van der Waals surface area contributed by atoms with Crippen molar-refractivity contribution < 1.29 is 14.0 Å². The minimum Gasteiger partial charge on any atom is -0.335 e. The summed E-state index contributed by atoms with van der Waals surface area (Å²) in [4.78, 5) is 29.7. The van der Waals surface area contributed by atoms with E-state index in [0.29, 0.717) is 23.5 Å². The van der Waals surface area contributed by atoms with Crippen LogP contribution in [0.3, 0.4) is 0 Å². The molecule has 3 aromatic rings. The van der Waals surface area contributed by atoms with Crippen LogP contribution in [0.15, 0.2) is 48.8 Å². The van der Waals surface area contributed by atoms with Gasteiger partial charge in [0.05, 0.1) is 23.0 Å². The average Bonchev–Trinajstić information content (AvgIpc) is 3.25. The van der Waals surface area contributed by atoms with Gasteiger partial charge in [-0.05, 0) is 36.2 Å². The molecular formula is C19H15FN2O2S. The van der Waals surface area contributed by atoms with E-state index < -0.39 is 0 Å². The van der Waals surface area contributed by atoms with E-state index in [4.69, 9.17) is 0 Å². The second-order valence-electron chi connectivity index (χ2n) is 6.05. The Morgan fingerprint density at radius 1 is 1.32 bits per heavy atom. The van der Waals surface area contributed by atoms with E-state index in [9.17, 15) is 14.0 Å². The topological polar surface area (TPSA) is 52.0 Å². The summed E-state index contributed by atoms with van der Waals surface area (Å²) in [5, 5.41) is 0.704. The molecule has 0 radical (unpaired) electrons. The fraction of sp³-hybridized carbons (Fsp3) is 0.211.